The van der Waals surface area contributed by atoms with Crippen molar-refractivity contribution in [2.24, 2.45) is 13.0 Å². The number of carboxylic acid groups (broad SMARTS) is 1. The molecule has 2 amide bonds. The lowest BCUT2D eigenvalue weighted by molar-refractivity contribution is -0.138. The number of Topliss-reactive ketones (excluding diaryl/α,β-unsaturated/α-hetero) is 1. The molecule has 1 aliphatic carbocycles. The second kappa shape index (κ2) is 10.7. The van der Waals surface area contributed by atoms with Gasteiger partial charge in [0.1, 0.15) is 0 Å². The molecule has 0 atom stereocenters. The van der Waals surface area contributed by atoms with E-state index >= 15 is 0 Å². The third-order valence-corrected chi connectivity index (χ3v) is 9.12. The maximum absolute atomic E-state index is 13.3. The van der Waals surface area contributed by atoms with Crippen LogP contribution < -0.4 is 10.6 Å². The van der Waals surface area contributed by atoms with Gasteiger partial charge in [0.05, 0.1) is 23.4 Å². The number of benzene rings is 1. The summed E-state index contributed by atoms with van der Waals surface area (Å²) >= 11 is 0.432. The molecule has 3 aromatic rings. The van der Waals surface area contributed by atoms with Gasteiger partial charge in [-0.25, -0.2) is 22.9 Å². The number of hydrogen-bond acceptors (Lipinski definition) is 10. The number of tetrazole rings is 1. The molecule has 2 heterocycles. The minimum Gasteiger partial charge on any atom is -0.481 e. The molecule has 208 valence electrons. The van der Waals surface area contributed by atoms with Crippen LogP contribution in [0.25, 0.3) is 0 Å². The van der Waals surface area contributed by atoms with Gasteiger partial charge in [-0.1, -0.05) is 29.3 Å². The van der Waals surface area contributed by atoms with Crippen LogP contribution in [0.3, 0.4) is 0 Å². The largest absolute Gasteiger partial charge is 0.481 e. The van der Waals surface area contributed by atoms with Gasteiger partial charge in [-0.05, 0) is 41.5 Å². The molecule has 1 saturated carbocycles. The highest BCUT2D eigenvalue weighted by atomic mass is 32.2. The fourth-order valence-electron chi connectivity index (χ4n) is 4.08. The number of nitrogens with one attached hydrogen (secondary N) is 2. The lowest BCUT2D eigenvalue weighted by Gasteiger charge is -2.16. The number of urea groups is 1. The Bertz CT molecular complexity index is 1550. The summed E-state index contributed by atoms with van der Waals surface area (Å²) in [6.45, 7) is 0. The van der Waals surface area contributed by atoms with Crippen LogP contribution in [0.4, 0.5) is 28.8 Å². The third kappa shape index (κ3) is 6.06. The van der Waals surface area contributed by atoms with Gasteiger partial charge in [0.2, 0.25) is 0 Å². The number of hydrogen-bond donors (Lipinski definition) is 3. The minimum atomic E-state index is -4.72. The number of anilines is 2. The van der Waals surface area contributed by atoms with Gasteiger partial charge in [-0.15, -0.1) is 0 Å². The number of aliphatic carboxylic acids is 1. The molecule has 1 aliphatic rings. The normalized spacial score (nSPS) is 14.4. The van der Waals surface area contributed by atoms with E-state index in [0.717, 1.165) is 29.7 Å². The van der Waals surface area contributed by atoms with Gasteiger partial charge in [0.15, 0.2) is 15.1 Å². The predicted octanol–water partition coefficient (Wildman–Crippen LogP) is 3.16. The summed E-state index contributed by atoms with van der Waals surface area (Å²) in [5, 5.41) is 23.0. The van der Waals surface area contributed by atoms with Crippen LogP contribution in [0, 0.1) is 5.92 Å². The topological polar surface area (TPSA) is 186 Å². The zero-order valence-electron chi connectivity index (χ0n) is 20.0. The van der Waals surface area contributed by atoms with Crippen LogP contribution in [0.5, 0.6) is 0 Å². The van der Waals surface area contributed by atoms with Crippen LogP contribution >= 0.6 is 11.3 Å². The van der Waals surface area contributed by atoms with Gasteiger partial charge >= 0.3 is 18.2 Å². The Morgan fingerprint density at radius 3 is 2.46 bits per heavy atom. The number of amides is 2. The van der Waals surface area contributed by atoms with E-state index in [1.807, 2.05) is 0 Å². The highest BCUT2D eigenvalue weighted by molar-refractivity contribution is 7.93. The second-order valence-electron chi connectivity index (χ2n) is 8.60. The van der Waals surface area contributed by atoms with E-state index in [1.165, 1.54) is 7.05 Å². The van der Waals surface area contributed by atoms with Crippen LogP contribution in [0.1, 0.15) is 47.3 Å². The predicted molar refractivity (Wildman–Crippen MR) is 128 cm³/mol. The van der Waals surface area contributed by atoms with Crippen LogP contribution in [-0.2, 0) is 34.3 Å². The molecule has 0 spiro atoms. The number of rotatable bonds is 8. The Morgan fingerprint density at radius 1 is 1.18 bits per heavy atom. The standard InChI is InChI=1S/C21H20F3N7O6S2/c1-31-20(28-29-30-31)39(36,37)17-14(9-15(32)33)26-19(38-17)27-18(35)25-13-7-6-11(21(22,23)24)8-12(13)16(34)10-4-2-3-5-10/h6-8,10H,2-5,9H2,1H3,(H,32,33)(H2,25,26,27,35). The van der Waals surface area contributed by atoms with Crippen molar-refractivity contribution in [3.8, 4) is 0 Å². The summed E-state index contributed by atoms with van der Waals surface area (Å²) in [5.74, 6) is -2.40. The highest BCUT2D eigenvalue weighted by Gasteiger charge is 2.34. The molecule has 0 unspecified atom stereocenters. The molecular weight excluding hydrogens is 567 g/mol. The maximum atomic E-state index is 13.3. The average molecular weight is 588 g/mol. The number of carbonyl (C=O) groups is 3. The summed E-state index contributed by atoms with van der Waals surface area (Å²) in [7, 11) is -3.17. The molecular formula is C21H20F3N7O6S2. The molecule has 3 N–H and O–H groups in total. The second-order valence-corrected chi connectivity index (χ2v) is 11.6. The van der Waals surface area contributed by atoms with Gasteiger partial charge in [0, 0.05) is 18.5 Å². The number of carbonyl (C=O) groups excluding carboxylic acids is 2. The number of thiazole rings is 1. The van der Waals surface area contributed by atoms with Crippen molar-refractivity contribution in [3.05, 3.63) is 35.0 Å². The van der Waals surface area contributed by atoms with Crippen molar-refractivity contribution in [1.82, 2.24) is 25.2 Å². The summed E-state index contributed by atoms with van der Waals surface area (Å²) < 4.78 is 66.3. The van der Waals surface area contributed by atoms with Gasteiger partial charge in [-0.3, -0.25) is 14.9 Å². The Morgan fingerprint density at radius 2 is 1.87 bits per heavy atom. The van der Waals surface area contributed by atoms with Crippen molar-refractivity contribution >= 4 is 49.8 Å². The summed E-state index contributed by atoms with van der Waals surface area (Å²) in [6, 6.07) is 1.31. The number of nitrogens with zero attached hydrogens (tertiary/aromatic N) is 5. The fraction of sp³-hybridized carbons (Fsp3) is 0.381. The van der Waals surface area contributed by atoms with Crippen molar-refractivity contribution in [2.75, 3.05) is 10.6 Å². The van der Waals surface area contributed by atoms with Crippen molar-refractivity contribution < 1.29 is 41.1 Å². The van der Waals surface area contributed by atoms with E-state index in [1.54, 1.807) is 0 Å². The lowest BCUT2D eigenvalue weighted by Crippen LogP contribution is -2.23. The maximum Gasteiger partial charge on any atom is 0.416 e. The van der Waals surface area contributed by atoms with Crippen LogP contribution in [-0.4, -0.2) is 56.5 Å². The number of ketones is 1. The van der Waals surface area contributed by atoms with Crippen LogP contribution in [0.2, 0.25) is 0 Å². The molecule has 0 aliphatic heterocycles. The molecule has 0 bridgehead atoms. The quantitative estimate of drug-likeness (QED) is 0.331. The number of halogens is 3. The molecule has 0 radical (unpaired) electrons. The van der Waals surface area contributed by atoms with E-state index in [4.69, 9.17) is 0 Å². The molecule has 0 saturated heterocycles. The first-order chi connectivity index (χ1) is 18.3. The lowest BCUT2D eigenvalue weighted by atomic mass is 9.93. The first-order valence-electron chi connectivity index (χ1n) is 11.3. The van der Waals surface area contributed by atoms with E-state index in [-0.39, 0.29) is 16.4 Å². The SMILES string of the molecule is Cn1nnnc1S(=O)(=O)c1sc(NC(=O)Nc2ccc(C(F)(F)F)cc2C(=O)C2CCCC2)nc1CC(=O)O. The molecule has 2 aromatic heterocycles. The van der Waals surface area contributed by atoms with E-state index in [9.17, 15) is 41.1 Å². The zero-order chi connectivity index (χ0) is 28.5. The zero-order valence-corrected chi connectivity index (χ0v) is 21.7. The van der Waals surface area contributed by atoms with Crippen molar-refractivity contribution in [3.63, 3.8) is 0 Å². The minimum absolute atomic E-state index is 0.183. The van der Waals surface area contributed by atoms with Crippen molar-refractivity contribution in [1.29, 1.82) is 0 Å². The smallest absolute Gasteiger partial charge is 0.416 e. The fourth-order valence-corrected chi connectivity index (χ4v) is 6.81. The van der Waals surface area contributed by atoms with Gasteiger partial charge in [-0.2, -0.15) is 13.2 Å². The number of sulfone groups is 1. The molecule has 1 fully saturated rings. The van der Waals surface area contributed by atoms with E-state index < -0.39 is 66.8 Å². The molecule has 1 aromatic carbocycles. The number of alkyl halides is 3. The Labute approximate surface area is 222 Å². The van der Waals surface area contributed by atoms with Crippen LogP contribution in [0.15, 0.2) is 27.6 Å². The third-order valence-electron chi connectivity index (χ3n) is 5.85. The number of aryl methyl sites for hydroxylation is 1. The Balaban J connectivity index is 1.63. The summed E-state index contributed by atoms with van der Waals surface area (Å²) in [6.07, 6.45) is -2.96. The molecule has 13 nitrogen and oxygen atoms in total. The number of carboxylic acids is 1. The Kier molecular flexibility index (Phi) is 7.69. The molecule has 4 rings (SSSR count). The highest BCUT2D eigenvalue weighted by Crippen LogP contribution is 2.36. The monoisotopic (exact) mass is 587 g/mol. The van der Waals surface area contributed by atoms with E-state index in [2.05, 4.69) is 31.1 Å². The Hall–Kier alpha value is -3.93. The van der Waals surface area contributed by atoms with Gasteiger partial charge < -0.3 is 10.4 Å². The molecule has 18 heteroatoms. The first kappa shape index (κ1) is 28.1. The summed E-state index contributed by atoms with van der Waals surface area (Å²) in [5.41, 5.74) is -1.94. The number of aromatic nitrogens is 5. The van der Waals surface area contributed by atoms with Crippen molar-refractivity contribution in [2.45, 2.75) is 47.6 Å². The van der Waals surface area contributed by atoms with E-state index in [0.29, 0.717) is 30.2 Å². The average Bonchev–Trinajstić information content (AvgIpc) is 3.59. The summed E-state index contributed by atoms with van der Waals surface area (Å²) in [4.78, 5) is 40.9. The molecule has 39 heavy (non-hydrogen) atoms. The van der Waals surface area contributed by atoms with Gasteiger partial charge in [0.25, 0.3) is 15.0 Å². The first-order valence-corrected chi connectivity index (χ1v) is 13.6.